The number of likely N-dealkylation sites (N-methyl/N-ethyl adjacent to an activating group) is 1. The molecule has 1 N–H and O–H groups in total. The normalized spacial score (nSPS) is 10.7. The molecule has 0 aliphatic rings. The molecule has 1 aromatic heterocycles. The molecule has 7 heteroatoms. The number of furan rings is 1. The first-order valence-electron chi connectivity index (χ1n) is 8.97. The van der Waals surface area contributed by atoms with E-state index in [0.717, 1.165) is 5.56 Å². The fourth-order valence-electron chi connectivity index (χ4n) is 2.54. The first kappa shape index (κ1) is 21.1. The zero-order valence-electron chi connectivity index (χ0n) is 16.4. The summed E-state index contributed by atoms with van der Waals surface area (Å²) in [6.07, 6.45) is 5.42. The molecule has 0 aliphatic carbocycles. The summed E-state index contributed by atoms with van der Waals surface area (Å²) < 4.78 is 15.6. The van der Waals surface area contributed by atoms with Gasteiger partial charge in [-0.15, -0.1) is 0 Å². The number of ether oxygens (including phenoxy) is 2. The predicted octanol–water partition coefficient (Wildman–Crippen LogP) is 2.52. The van der Waals surface area contributed by atoms with Gasteiger partial charge in [0.2, 0.25) is 11.8 Å². The maximum absolute atomic E-state index is 12.2. The highest BCUT2D eigenvalue weighted by atomic mass is 16.5. The molecule has 1 aromatic carbocycles. The Hall–Kier alpha value is -3.22. The van der Waals surface area contributed by atoms with Crippen LogP contribution in [0.3, 0.4) is 0 Å². The summed E-state index contributed by atoms with van der Waals surface area (Å²) in [6, 6.07) is 9.20. The Morgan fingerprint density at radius 2 is 1.96 bits per heavy atom. The molecular weight excluding hydrogens is 360 g/mol. The lowest BCUT2D eigenvalue weighted by Gasteiger charge is -2.18. The van der Waals surface area contributed by atoms with Crippen LogP contribution < -0.4 is 14.8 Å². The van der Waals surface area contributed by atoms with Gasteiger partial charge in [0.1, 0.15) is 5.76 Å². The minimum Gasteiger partial charge on any atom is -0.493 e. The molecule has 7 nitrogen and oxygen atoms in total. The number of rotatable bonds is 10. The Morgan fingerprint density at radius 3 is 2.64 bits per heavy atom. The summed E-state index contributed by atoms with van der Waals surface area (Å²) in [5.41, 5.74) is 1.05. The van der Waals surface area contributed by atoms with Gasteiger partial charge in [0.15, 0.2) is 11.5 Å². The zero-order chi connectivity index (χ0) is 20.4. The number of nitrogens with one attached hydrogen (secondary N) is 1. The van der Waals surface area contributed by atoms with Gasteiger partial charge in [-0.3, -0.25) is 9.59 Å². The molecular formula is C21H26N2O5. The third-order valence-corrected chi connectivity index (χ3v) is 4.19. The van der Waals surface area contributed by atoms with Crippen molar-refractivity contribution in [1.82, 2.24) is 10.2 Å². The summed E-state index contributed by atoms with van der Waals surface area (Å²) in [6.45, 7) is 0.849. The number of nitrogens with zero attached hydrogens (tertiary/aromatic N) is 1. The van der Waals surface area contributed by atoms with Crippen LogP contribution in [0.1, 0.15) is 17.7 Å². The van der Waals surface area contributed by atoms with E-state index in [1.165, 1.54) is 12.3 Å². The number of benzene rings is 1. The lowest BCUT2D eigenvalue weighted by Crippen LogP contribution is -2.32. The summed E-state index contributed by atoms with van der Waals surface area (Å²) in [4.78, 5) is 25.6. The van der Waals surface area contributed by atoms with E-state index in [9.17, 15) is 9.59 Å². The van der Waals surface area contributed by atoms with Crippen LogP contribution in [0.5, 0.6) is 11.5 Å². The Morgan fingerprint density at radius 1 is 1.18 bits per heavy atom. The maximum atomic E-state index is 12.2. The molecule has 0 saturated heterocycles. The van der Waals surface area contributed by atoms with Crippen LogP contribution in [-0.4, -0.2) is 51.1 Å². The van der Waals surface area contributed by atoms with Crippen molar-refractivity contribution in [2.45, 2.75) is 12.8 Å². The number of amides is 2. The second kappa shape index (κ2) is 10.8. The number of hydrogen-bond donors (Lipinski definition) is 1. The monoisotopic (exact) mass is 386 g/mol. The minimum absolute atomic E-state index is 0.0317. The Kier molecular flexibility index (Phi) is 8.14. The Bertz CT molecular complexity index is 799. The predicted molar refractivity (Wildman–Crippen MR) is 106 cm³/mol. The van der Waals surface area contributed by atoms with Crippen LogP contribution in [0.15, 0.2) is 47.1 Å². The van der Waals surface area contributed by atoms with Gasteiger partial charge in [-0.1, -0.05) is 6.07 Å². The van der Waals surface area contributed by atoms with Gasteiger partial charge in [-0.2, -0.15) is 0 Å². The van der Waals surface area contributed by atoms with E-state index in [1.54, 1.807) is 44.4 Å². The molecule has 1 heterocycles. The van der Waals surface area contributed by atoms with Crippen molar-refractivity contribution < 1.29 is 23.5 Å². The average Bonchev–Trinajstić information content (AvgIpc) is 3.23. The first-order valence-corrected chi connectivity index (χ1v) is 8.97. The molecule has 0 unspecified atom stereocenters. The summed E-state index contributed by atoms with van der Waals surface area (Å²) >= 11 is 0. The van der Waals surface area contributed by atoms with Crippen molar-refractivity contribution in [3.05, 3.63) is 54.0 Å². The van der Waals surface area contributed by atoms with Crippen LogP contribution >= 0.6 is 0 Å². The highest BCUT2D eigenvalue weighted by Crippen LogP contribution is 2.27. The second-order valence-corrected chi connectivity index (χ2v) is 6.14. The lowest BCUT2D eigenvalue weighted by molar-refractivity contribution is -0.129. The summed E-state index contributed by atoms with van der Waals surface area (Å²) in [7, 11) is 4.94. The van der Waals surface area contributed by atoms with E-state index < -0.39 is 0 Å². The fourth-order valence-corrected chi connectivity index (χ4v) is 2.54. The van der Waals surface area contributed by atoms with Crippen LogP contribution in [0.4, 0.5) is 0 Å². The maximum Gasteiger partial charge on any atom is 0.244 e. The number of carbonyl (C=O) groups excluding carboxylic acids is 2. The summed E-state index contributed by atoms with van der Waals surface area (Å²) in [5.74, 6) is 1.64. The Balaban J connectivity index is 1.71. The van der Waals surface area contributed by atoms with E-state index in [2.05, 4.69) is 5.32 Å². The van der Waals surface area contributed by atoms with Gasteiger partial charge < -0.3 is 24.1 Å². The van der Waals surface area contributed by atoms with Crippen molar-refractivity contribution in [2.75, 3.05) is 34.4 Å². The van der Waals surface area contributed by atoms with Gasteiger partial charge in [-0.05, 0) is 42.3 Å². The molecule has 0 bridgehead atoms. The van der Waals surface area contributed by atoms with Gasteiger partial charge >= 0.3 is 0 Å². The minimum atomic E-state index is -0.266. The molecule has 0 atom stereocenters. The van der Waals surface area contributed by atoms with Crippen molar-refractivity contribution in [1.29, 1.82) is 0 Å². The molecule has 0 aliphatic heterocycles. The molecule has 0 fully saturated rings. The van der Waals surface area contributed by atoms with Gasteiger partial charge in [0, 0.05) is 32.6 Å². The van der Waals surface area contributed by atoms with Crippen molar-refractivity contribution >= 4 is 17.9 Å². The molecule has 150 valence electrons. The molecule has 2 amide bonds. The highest BCUT2D eigenvalue weighted by Gasteiger charge is 2.10. The van der Waals surface area contributed by atoms with Crippen LogP contribution in [0, 0.1) is 0 Å². The quantitative estimate of drug-likeness (QED) is 0.635. The lowest BCUT2D eigenvalue weighted by atomic mass is 10.1. The fraction of sp³-hybridized carbons (Fsp3) is 0.333. The van der Waals surface area contributed by atoms with Crippen molar-refractivity contribution in [2.24, 2.45) is 0 Å². The Labute approximate surface area is 164 Å². The molecule has 0 saturated carbocycles. The molecule has 2 rings (SSSR count). The van der Waals surface area contributed by atoms with E-state index in [0.29, 0.717) is 30.2 Å². The topological polar surface area (TPSA) is 81.0 Å². The number of hydrogen-bond acceptors (Lipinski definition) is 5. The second-order valence-electron chi connectivity index (χ2n) is 6.14. The van der Waals surface area contributed by atoms with Crippen LogP contribution in [0.25, 0.3) is 6.08 Å². The SMILES string of the molecule is COc1ccc(CCN(C)C(=O)CCNC(=O)/C=C/c2ccco2)cc1OC. The third-order valence-electron chi connectivity index (χ3n) is 4.19. The van der Waals surface area contributed by atoms with E-state index in [1.807, 2.05) is 18.2 Å². The third kappa shape index (κ3) is 6.50. The number of methoxy groups -OCH3 is 2. The van der Waals surface area contributed by atoms with E-state index in [4.69, 9.17) is 13.9 Å². The standard InChI is InChI=1S/C21H26N2O5/c1-23(13-11-16-6-8-18(26-2)19(15-16)27-3)21(25)10-12-22-20(24)9-7-17-5-4-14-28-17/h4-9,14-15H,10-13H2,1-3H3,(H,22,24)/b9-7+. The van der Waals surface area contributed by atoms with Gasteiger partial charge in [0.25, 0.3) is 0 Å². The molecule has 2 aromatic rings. The molecule has 0 radical (unpaired) electrons. The molecule has 28 heavy (non-hydrogen) atoms. The van der Waals surface area contributed by atoms with Crippen LogP contribution in [-0.2, 0) is 16.0 Å². The smallest absolute Gasteiger partial charge is 0.244 e. The first-order chi connectivity index (χ1) is 13.5. The van der Waals surface area contributed by atoms with E-state index in [-0.39, 0.29) is 24.8 Å². The average molecular weight is 386 g/mol. The highest BCUT2D eigenvalue weighted by molar-refractivity contribution is 5.91. The largest absolute Gasteiger partial charge is 0.493 e. The summed E-state index contributed by atoms with van der Waals surface area (Å²) in [5, 5.41) is 2.69. The number of carbonyl (C=O) groups is 2. The zero-order valence-corrected chi connectivity index (χ0v) is 16.4. The van der Waals surface area contributed by atoms with Crippen LogP contribution in [0.2, 0.25) is 0 Å². The van der Waals surface area contributed by atoms with Gasteiger partial charge in [0.05, 0.1) is 20.5 Å². The molecule has 0 spiro atoms. The van der Waals surface area contributed by atoms with Gasteiger partial charge in [-0.25, -0.2) is 0 Å². The van der Waals surface area contributed by atoms with Crippen molar-refractivity contribution in [3.8, 4) is 11.5 Å². The van der Waals surface area contributed by atoms with E-state index >= 15 is 0 Å². The van der Waals surface area contributed by atoms with Crippen molar-refractivity contribution in [3.63, 3.8) is 0 Å².